The summed E-state index contributed by atoms with van der Waals surface area (Å²) in [6.45, 7) is 3.14. The quantitative estimate of drug-likeness (QED) is 0.779. The number of aryl methyl sites for hydroxylation is 1. The fourth-order valence-electron chi connectivity index (χ4n) is 2.36. The highest BCUT2D eigenvalue weighted by Crippen LogP contribution is 2.24. The van der Waals surface area contributed by atoms with Crippen LogP contribution in [0.3, 0.4) is 0 Å². The number of nitrogens with one attached hydrogen (secondary N) is 1. The number of sulfonamides is 1. The number of carbonyl (C=O) groups excluding carboxylic acids is 1. The first-order chi connectivity index (χ1) is 12.3. The monoisotopic (exact) mass is 398 g/mol. The fraction of sp³-hybridized carbons (Fsp3) is 0.278. The third-order valence-corrected chi connectivity index (χ3v) is 5.91. The molecule has 8 heteroatoms. The van der Waals surface area contributed by atoms with E-state index in [-0.39, 0.29) is 22.0 Å². The van der Waals surface area contributed by atoms with E-state index in [1.54, 1.807) is 19.1 Å². The lowest BCUT2D eigenvalue weighted by Crippen LogP contribution is -2.40. The van der Waals surface area contributed by atoms with E-state index in [0.29, 0.717) is 6.54 Å². The summed E-state index contributed by atoms with van der Waals surface area (Å²) in [6, 6.07) is 10.3. The summed E-state index contributed by atoms with van der Waals surface area (Å²) in [7, 11) is -4.02. The minimum Gasteiger partial charge on any atom is -0.355 e. The van der Waals surface area contributed by atoms with Crippen LogP contribution in [0.25, 0.3) is 0 Å². The van der Waals surface area contributed by atoms with Crippen molar-refractivity contribution in [3.8, 4) is 0 Å². The van der Waals surface area contributed by atoms with Crippen LogP contribution in [0.5, 0.6) is 0 Å². The summed E-state index contributed by atoms with van der Waals surface area (Å²) in [5.74, 6) is -1.10. The van der Waals surface area contributed by atoms with Gasteiger partial charge in [0.15, 0.2) is 0 Å². The molecule has 0 radical (unpaired) electrons. The van der Waals surface area contributed by atoms with E-state index in [1.807, 2.05) is 6.92 Å². The molecule has 0 saturated carbocycles. The van der Waals surface area contributed by atoms with Crippen molar-refractivity contribution in [1.29, 1.82) is 0 Å². The molecule has 0 aliphatic rings. The number of carbonyl (C=O) groups is 1. The molecule has 0 spiro atoms. The second-order valence-electron chi connectivity index (χ2n) is 5.74. The van der Waals surface area contributed by atoms with Crippen LogP contribution in [0, 0.1) is 12.7 Å². The average Bonchev–Trinajstić information content (AvgIpc) is 2.57. The highest BCUT2D eigenvalue weighted by Gasteiger charge is 2.28. The maximum atomic E-state index is 14.1. The lowest BCUT2D eigenvalue weighted by Gasteiger charge is -2.22. The standard InChI is InChI=1S/C18H20ClFN2O3S/c1-3-21-18(23)12-22(11-15-16(19)5-4-6-17(15)20)26(24,25)14-9-7-13(2)8-10-14/h4-10H,3,11-12H2,1-2H3,(H,21,23). The predicted octanol–water partition coefficient (Wildman–Crippen LogP) is 3.11. The first-order valence-electron chi connectivity index (χ1n) is 8.02. The van der Waals surface area contributed by atoms with Gasteiger partial charge in [0, 0.05) is 23.7 Å². The van der Waals surface area contributed by atoms with Gasteiger partial charge in [-0.15, -0.1) is 0 Å². The Labute approximate surface area is 157 Å². The van der Waals surface area contributed by atoms with Gasteiger partial charge in [-0.05, 0) is 38.1 Å². The highest BCUT2D eigenvalue weighted by molar-refractivity contribution is 7.89. The molecule has 2 aromatic rings. The van der Waals surface area contributed by atoms with Gasteiger partial charge in [0.05, 0.1) is 11.4 Å². The van der Waals surface area contributed by atoms with Crippen LogP contribution in [-0.2, 0) is 21.4 Å². The van der Waals surface area contributed by atoms with Crippen LogP contribution in [-0.4, -0.2) is 31.7 Å². The Morgan fingerprint density at radius 2 is 1.85 bits per heavy atom. The molecule has 0 bridgehead atoms. The van der Waals surface area contributed by atoms with Crippen LogP contribution in [0.15, 0.2) is 47.4 Å². The maximum Gasteiger partial charge on any atom is 0.243 e. The molecular formula is C18H20ClFN2O3S. The molecule has 0 saturated heterocycles. The Balaban J connectivity index is 2.43. The zero-order chi connectivity index (χ0) is 19.3. The lowest BCUT2D eigenvalue weighted by atomic mass is 10.2. The lowest BCUT2D eigenvalue weighted by molar-refractivity contribution is -0.121. The minimum absolute atomic E-state index is 0.0224. The normalized spacial score (nSPS) is 11.6. The molecule has 0 heterocycles. The van der Waals surface area contributed by atoms with Gasteiger partial charge in [-0.1, -0.05) is 35.4 Å². The Kier molecular flexibility index (Phi) is 6.75. The van der Waals surface area contributed by atoms with Crippen molar-refractivity contribution < 1.29 is 17.6 Å². The van der Waals surface area contributed by atoms with E-state index < -0.39 is 28.3 Å². The molecule has 0 aliphatic carbocycles. The second-order valence-corrected chi connectivity index (χ2v) is 8.09. The summed E-state index contributed by atoms with van der Waals surface area (Å²) in [4.78, 5) is 12.0. The number of nitrogens with zero attached hydrogens (tertiary/aromatic N) is 1. The van der Waals surface area contributed by atoms with Gasteiger partial charge in [0.1, 0.15) is 5.82 Å². The van der Waals surface area contributed by atoms with E-state index in [2.05, 4.69) is 5.32 Å². The van der Waals surface area contributed by atoms with Crippen molar-refractivity contribution in [3.05, 3.63) is 64.4 Å². The molecule has 0 aliphatic heterocycles. The molecule has 0 fully saturated rings. The Morgan fingerprint density at radius 3 is 2.42 bits per heavy atom. The molecule has 5 nitrogen and oxygen atoms in total. The zero-order valence-corrected chi connectivity index (χ0v) is 16.1. The number of amides is 1. The van der Waals surface area contributed by atoms with Crippen LogP contribution in [0.2, 0.25) is 5.02 Å². The largest absolute Gasteiger partial charge is 0.355 e. The van der Waals surface area contributed by atoms with E-state index >= 15 is 0 Å². The zero-order valence-electron chi connectivity index (χ0n) is 14.5. The van der Waals surface area contributed by atoms with Gasteiger partial charge < -0.3 is 5.32 Å². The van der Waals surface area contributed by atoms with Crippen molar-refractivity contribution in [2.75, 3.05) is 13.1 Å². The third-order valence-electron chi connectivity index (χ3n) is 3.75. The van der Waals surface area contributed by atoms with Crippen LogP contribution < -0.4 is 5.32 Å². The smallest absolute Gasteiger partial charge is 0.243 e. The molecule has 26 heavy (non-hydrogen) atoms. The first-order valence-corrected chi connectivity index (χ1v) is 9.84. The van der Waals surface area contributed by atoms with Crippen LogP contribution in [0.1, 0.15) is 18.1 Å². The summed E-state index contributed by atoms with van der Waals surface area (Å²) in [6.07, 6.45) is 0. The van der Waals surface area contributed by atoms with E-state index in [9.17, 15) is 17.6 Å². The Bertz CT molecular complexity index is 866. The van der Waals surface area contributed by atoms with Gasteiger partial charge in [-0.2, -0.15) is 4.31 Å². The Hall–Kier alpha value is -1.96. The van der Waals surface area contributed by atoms with Gasteiger partial charge in [0.2, 0.25) is 15.9 Å². The van der Waals surface area contributed by atoms with Crippen LogP contribution in [0.4, 0.5) is 4.39 Å². The van der Waals surface area contributed by atoms with Crippen molar-refractivity contribution in [3.63, 3.8) is 0 Å². The number of hydrogen-bond donors (Lipinski definition) is 1. The summed E-state index contributed by atoms with van der Waals surface area (Å²) < 4.78 is 41.0. The molecule has 2 aromatic carbocycles. The van der Waals surface area contributed by atoms with E-state index in [4.69, 9.17) is 11.6 Å². The molecule has 2 rings (SSSR count). The van der Waals surface area contributed by atoms with Gasteiger partial charge in [-0.25, -0.2) is 12.8 Å². The number of likely N-dealkylation sites (N-methyl/N-ethyl adjacent to an activating group) is 1. The summed E-state index contributed by atoms with van der Waals surface area (Å²) in [5.41, 5.74) is 0.922. The molecule has 140 valence electrons. The molecule has 0 atom stereocenters. The second kappa shape index (κ2) is 8.62. The topological polar surface area (TPSA) is 66.5 Å². The predicted molar refractivity (Wildman–Crippen MR) is 98.9 cm³/mol. The van der Waals surface area contributed by atoms with Crippen molar-refractivity contribution in [2.24, 2.45) is 0 Å². The number of hydrogen-bond acceptors (Lipinski definition) is 3. The van der Waals surface area contributed by atoms with E-state index in [0.717, 1.165) is 9.87 Å². The number of halogens is 2. The van der Waals surface area contributed by atoms with Gasteiger partial charge in [-0.3, -0.25) is 4.79 Å². The molecular weight excluding hydrogens is 379 g/mol. The third kappa shape index (κ3) is 4.81. The first kappa shape index (κ1) is 20.4. The molecule has 0 aromatic heterocycles. The molecule has 1 amide bonds. The van der Waals surface area contributed by atoms with Crippen molar-refractivity contribution in [1.82, 2.24) is 9.62 Å². The number of rotatable bonds is 7. The average molecular weight is 399 g/mol. The summed E-state index contributed by atoms with van der Waals surface area (Å²) in [5, 5.41) is 2.65. The minimum atomic E-state index is -4.02. The van der Waals surface area contributed by atoms with Crippen LogP contribution >= 0.6 is 11.6 Å². The SMILES string of the molecule is CCNC(=O)CN(Cc1c(F)cccc1Cl)S(=O)(=O)c1ccc(C)cc1. The van der Waals surface area contributed by atoms with E-state index in [1.165, 1.54) is 30.3 Å². The summed E-state index contributed by atoms with van der Waals surface area (Å²) >= 11 is 6.03. The van der Waals surface area contributed by atoms with Crippen molar-refractivity contribution in [2.45, 2.75) is 25.3 Å². The highest BCUT2D eigenvalue weighted by atomic mass is 35.5. The molecule has 0 unspecified atom stereocenters. The number of benzene rings is 2. The molecule has 1 N–H and O–H groups in total. The van der Waals surface area contributed by atoms with Gasteiger partial charge in [0.25, 0.3) is 0 Å². The van der Waals surface area contributed by atoms with Gasteiger partial charge >= 0.3 is 0 Å². The maximum absolute atomic E-state index is 14.1. The van der Waals surface area contributed by atoms with Crippen molar-refractivity contribution >= 4 is 27.5 Å². The Morgan fingerprint density at radius 1 is 1.19 bits per heavy atom. The fourth-order valence-corrected chi connectivity index (χ4v) is 3.95.